The van der Waals surface area contributed by atoms with Gasteiger partial charge in [0.05, 0.1) is 11.3 Å². The number of phenolic OH excluding ortho intramolecular Hbond substituents is 1. The lowest BCUT2D eigenvalue weighted by Crippen LogP contribution is -2.33. The molecule has 0 spiro atoms. The minimum absolute atomic E-state index is 0.164. The highest BCUT2D eigenvalue weighted by Gasteiger charge is 2.20. The Morgan fingerprint density at radius 2 is 1.76 bits per heavy atom. The number of likely N-dealkylation sites (tertiary alicyclic amines) is 1. The summed E-state index contributed by atoms with van der Waals surface area (Å²) in [5.41, 5.74) is 0.656. The van der Waals surface area contributed by atoms with Crippen LogP contribution >= 0.6 is 11.8 Å². The fraction of sp³-hybridized carbons (Fsp3) is 0.409. The van der Waals surface area contributed by atoms with E-state index in [1.54, 1.807) is 6.07 Å². The number of hydrogen-bond acceptors (Lipinski definition) is 5. The highest BCUT2D eigenvalue weighted by molar-refractivity contribution is 7.99. The van der Waals surface area contributed by atoms with Crippen molar-refractivity contribution >= 4 is 28.4 Å². The summed E-state index contributed by atoms with van der Waals surface area (Å²) in [5.74, 6) is 1.34. The number of rotatable bonds is 5. The molecule has 7 heteroatoms. The molecule has 0 saturated carbocycles. The molecule has 1 aliphatic rings. The fourth-order valence-corrected chi connectivity index (χ4v) is 4.73. The highest BCUT2D eigenvalue weighted by atomic mass is 32.2. The summed E-state index contributed by atoms with van der Waals surface area (Å²) in [5, 5.41) is 21.9. The van der Waals surface area contributed by atoms with Crippen molar-refractivity contribution in [2.24, 2.45) is 0 Å². The molecule has 2 heterocycles. The Bertz CT molecular complexity index is 1010. The van der Waals surface area contributed by atoms with Crippen LogP contribution in [0.1, 0.15) is 32.6 Å². The van der Waals surface area contributed by atoms with Gasteiger partial charge in [-0.15, -0.1) is 10.2 Å². The van der Waals surface area contributed by atoms with E-state index in [1.165, 1.54) is 24.6 Å². The molecule has 1 aliphatic heterocycles. The smallest absolute Gasteiger partial charge is 0.233 e. The van der Waals surface area contributed by atoms with Gasteiger partial charge in [-0.3, -0.25) is 4.79 Å². The van der Waals surface area contributed by atoms with E-state index in [0.29, 0.717) is 28.8 Å². The second-order valence-corrected chi connectivity index (χ2v) is 8.29. The first-order valence-electron chi connectivity index (χ1n) is 10.2. The largest absolute Gasteiger partial charge is 0.507 e. The van der Waals surface area contributed by atoms with Gasteiger partial charge in [0, 0.05) is 19.6 Å². The van der Waals surface area contributed by atoms with Crippen LogP contribution in [0.2, 0.25) is 0 Å². The number of fused-ring (bicyclic) bond motifs is 1. The zero-order valence-corrected chi connectivity index (χ0v) is 17.5. The molecule has 1 amide bonds. The van der Waals surface area contributed by atoms with E-state index < -0.39 is 0 Å². The number of aromatic hydroxyl groups is 1. The summed E-state index contributed by atoms with van der Waals surface area (Å²) in [7, 11) is 0. The second-order valence-electron chi connectivity index (χ2n) is 7.35. The van der Waals surface area contributed by atoms with Gasteiger partial charge < -0.3 is 14.6 Å². The summed E-state index contributed by atoms with van der Waals surface area (Å²) in [6.07, 6.45) is 4.60. The van der Waals surface area contributed by atoms with Crippen LogP contribution in [0.3, 0.4) is 0 Å². The van der Waals surface area contributed by atoms with Crippen molar-refractivity contribution < 1.29 is 9.90 Å². The standard InChI is InChI=1S/C22H26N4O2S/c1-2-26-21(18-13-16-9-5-6-10-17(16)14-19(18)27)23-24-22(26)29-15-20(28)25-11-7-3-4-8-12-25/h5-6,9-10,13-14,27H,2-4,7-8,11-12,15H2,1H3. The quantitative estimate of drug-likeness (QED) is 0.635. The van der Waals surface area contributed by atoms with E-state index in [1.807, 2.05) is 46.7 Å². The first-order valence-corrected chi connectivity index (χ1v) is 11.2. The summed E-state index contributed by atoms with van der Waals surface area (Å²) in [6.45, 7) is 4.40. The molecule has 4 rings (SSSR count). The second kappa shape index (κ2) is 8.86. The first kappa shape index (κ1) is 19.8. The highest BCUT2D eigenvalue weighted by Crippen LogP contribution is 2.34. The lowest BCUT2D eigenvalue weighted by atomic mass is 10.1. The lowest BCUT2D eigenvalue weighted by Gasteiger charge is -2.19. The van der Waals surface area contributed by atoms with Gasteiger partial charge in [0.2, 0.25) is 5.91 Å². The summed E-state index contributed by atoms with van der Waals surface area (Å²) in [6, 6.07) is 11.6. The Balaban J connectivity index is 1.55. The van der Waals surface area contributed by atoms with Crippen LogP contribution in [0, 0.1) is 0 Å². The van der Waals surface area contributed by atoms with Crippen molar-refractivity contribution in [3.05, 3.63) is 36.4 Å². The van der Waals surface area contributed by atoms with Crippen LogP contribution in [-0.2, 0) is 11.3 Å². The molecule has 2 aromatic carbocycles. The minimum atomic E-state index is 0.164. The van der Waals surface area contributed by atoms with Gasteiger partial charge in [0.25, 0.3) is 0 Å². The Morgan fingerprint density at radius 1 is 1.07 bits per heavy atom. The number of hydrogen-bond donors (Lipinski definition) is 1. The number of carbonyl (C=O) groups excluding carboxylic acids is 1. The van der Waals surface area contributed by atoms with Crippen LogP contribution in [0.4, 0.5) is 0 Å². The molecular formula is C22H26N4O2S. The Labute approximate surface area is 174 Å². The predicted molar refractivity (Wildman–Crippen MR) is 116 cm³/mol. The number of phenols is 1. The van der Waals surface area contributed by atoms with Gasteiger partial charge in [-0.25, -0.2) is 0 Å². The molecule has 0 bridgehead atoms. The number of thioether (sulfide) groups is 1. The van der Waals surface area contributed by atoms with E-state index in [9.17, 15) is 9.90 Å². The summed E-state index contributed by atoms with van der Waals surface area (Å²) >= 11 is 1.42. The van der Waals surface area contributed by atoms with Crippen LogP contribution in [0.25, 0.3) is 22.2 Å². The van der Waals surface area contributed by atoms with Crippen molar-refractivity contribution in [2.75, 3.05) is 18.8 Å². The van der Waals surface area contributed by atoms with Crippen molar-refractivity contribution in [3.8, 4) is 17.1 Å². The molecule has 29 heavy (non-hydrogen) atoms. The van der Waals surface area contributed by atoms with Crippen molar-refractivity contribution in [1.82, 2.24) is 19.7 Å². The molecule has 1 fully saturated rings. The topological polar surface area (TPSA) is 71.2 Å². The third kappa shape index (κ3) is 4.24. The monoisotopic (exact) mass is 410 g/mol. The van der Waals surface area contributed by atoms with Crippen molar-refractivity contribution in [1.29, 1.82) is 0 Å². The molecule has 6 nitrogen and oxygen atoms in total. The van der Waals surface area contributed by atoms with E-state index in [-0.39, 0.29) is 11.7 Å². The zero-order chi connectivity index (χ0) is 20.2. The van der Waals surface area contributed by atoms with E-state index in [2.05, 4.69) is 10.2 Å². The third-order valence-electron chi connectivity index (χ3n) is 5.42. The maximum absolute atomic E-state index is 12.6. The third-order valence-corrected chi connectivity index (χ3v) is 6.37. The zero-order valence-electron chi connectivity index (χ0n) is 16.7. The Hall–Kier alpha value is -2.54. The SMILES string of the molecule is CCn1c(SCC(=O)N2CCCCCC2)nnc1-c1cc2ccccc2cc1O. The van der Waals surface area contributed by atoms with Gasteiger partial charge >= 0.3 is 0 Å². The molecule has 1 saturated heterocycles. The number of aromatic nitrogens is 3. The molecule has 1 N–H and O–H groups in total. The first-order chi connectivity index (χ1) is 14.2. The fourth-order valence-electron chi connectivity index (χ4n) is 3.82. The number of benzene rings is 2. The summed E-state index contributed by atoms with van der Waals surface area (Å²) in [4.78, 5) is 14.6. The molecule has 0 radical (unpaired) electrons. The van der Waals surface area contributed by atoms with E-state index in [4.69, 9.17) is 0 Å². The number of carbonyl (C=O) groups is 1. The molecule has 152 valence electrons. The Morgan fingerprint density at radius 3 is 2.45 bits per heavy atom. The molecule has 1 aromatic heterocycles. The van der Waals surface area contributed by atoms with Crippen LogP contribution in [-0.4, -0.2) is 49.5 Å². The van der Waals surface area contributed by atoms with Crippen LogP contribution in [0.15, 0.2) is 41.6 Å². The molecule has 0 aliphatic carbocycles. The van der Waals surface area contributed by atoms with Crippen LogP contribution < -0.4 is 0 Å². The number of amides is 1. The van der Waals surface area contributed by atoms with E-state index >= 15 is 0 Å². The lowest BCUT2D eigenvalue weighted by molar-refractivity contribution is -0.128. The van der Waals surface area contributed by atoms with Crippen molar-refractivity contribution in [3.63, 3.8) is 0 Å². The van der Waals surface area contributed by atoms with Gasteiger partial charge in [-0.2, -0.15) is 0 Å². The van der Waals surface area contributed by atoms with E-state index in [0.717, 1.165) is 36.7 Å². The van der Waals surface area contributed by atoms with Gasteiger partial charge in [-0.05, 0) is 42.7 Å². The predicted octanol–water partition coefficient (Wildman–Crippen LogP) is 4.32. The molecule has 0 atom stereocenters. The molecule has 3 aromatic rings. The van der Waals surface area contributed by atoms with Gasteiger partial charge in [0.1, 0.15) is 5.75 Å². The summed E-state index contributed by atoms with van der Waals surface area (Å²) < 4.78 is 1.96. The maximum atomic E-state index is 12.6. The van der Waals surface area contributed by atoms with Crippen molar-refractivity contribution in [2.45, 2.75) is 44.3 Å². The molecule has 0 unspecified atom stereocenters. The average molecular weight is 411 g/mol. The Kier molecular flexibility index (Phi) is 6.04. The van der Waals surface area contributed by atoms with Crippen LogP contribution in [0.5, 0.6) is 5.75 Å². The normalized spacial score (nSPS) is 14.9. The maximum Gasteiger partial charge on any atom is 0.233 e. The van der Waals surface area contributed by atoms with Gasteiger partial charge in [-0.1, -0.05) is 48.9 Å². The molecular weight excluding hydrogens is 384 g/mol. The van der Waals surface area contributed by atoms with Gasteiger partial charge in [0.15, 0.2) is 11.0 Å². The average Bonchev–Trinajstić information content (AvgIpc) is 2.94. The number of nitrogens with zero attached hydrogens (tertiary/aromatic N) is 4. The minimum Gasteiger partial charge on any atom is -0.507 e.